The van der Waals surface area contributed by atoms with Gasteiger partial charge < -0.3 is 14.7 Å². The van der Waals surface area contributed by atoms with Gasteiger partial charge in [0, 0.05) is 12.7 Å². The maximum atomic E-state index is 12.4. The molecule has 0 aliphatic rings. The fourth-order valence-corrected chi connectivity index (χ4v) is 2.12. The van der Waals surface area contributed by atoms with Gasteiger partial charge in [0.05, 0.1) is 12.7 Å². The van der Waals surface area contributed by atoms with E-state index < -0.39 is 12.1 Å². The molecule has 0 aromatic heterocycles. The number of ether oxygens (including phenoxy) is 1. The van der Waals surface area contributed by atoms with Gasteiger partial charge in [-0.3, -0.25) is 9.69 Å². The lowest BCUT2D eigenvalue weighted by atomic mass is 10.1. The zero-order valence-corrected chi connectivity index (χ0v) is 12.8. The topological polar surface area (TPSA) is 53.0 Å². The highest BCUT2D eigenvalue weighted by atomic mass is 16.5. The predicted molar refractivity (Wildman–Crippen MR) is 80.2 cm³/mol. The Morgan fingerprint density at radius 3 is 2.20 bits per heavy atom. The van der Waals surface area contributed by atoms with Gasteiger partial charge in [-0.2, -0.15) is 0 Å². The van der Waals surface area contributed by atoms with Crippen molar-refractivity contribution in [3.05, 3.63) is 24.3 Å². The molecule has 0 aliphatic carbocycles. The first kappa shape index (κ1) is 16.5. The van der Waals surface area contributed by atoms with Crippen molar-refractivity contribution in [2.75, 3.05) is 32.6 Å². The number of aliphatic hydroxyl groups is 1. The first-order valence-corrected chi connectivity index (χ1v) is 6.73. The fourth-order valence-electron chi connectivity index (χ4n) is 2.12. The number of amides is 1. The lowest BCUT2D eigenvalue weighted by molar-refractivity contribution is -0.125. The molecule has 0 fully saturated rings. The van der Waals surface area contributed by atoms with Crippen LogP contribution in [0.2, 0.25) is 0 Å². The number of carbonyl (C=O) groups excluding carboxylic acids is 1. The lowest BCUT2D eigenvalue weighted by Gasteiger charge is -2.30. The van der Waals surface area contributed by atoms with Crippen molar-refractivity contribution in [3.63, 3.8) is 0 Å². The molecule has 20 heavy (non-hydrogen) atoms. The van der Waals surface area contributed by atoms with E-state index in [2.05, 4.69) is 0 Å². The van der Waals surface area contributed by atoms with Crippen molar-refractivity contribution in [1.29, 1.82) is 0 Å². The third kappa shape index (κ3) is 3.95. The number of rotatable bonds is 6. The molecule has 1 amide bonds. The molecule has 0 bridgehead atoms. The van der Waals surface area contributed by atoms with Crippen LogP contribution in [0.25, 0.3) is 0 Å². The molecule has 0 radical (unpaired) electrons. The molecule has 2 atom stereocenters. The van der Waals surface area contributed by atoms with Crippen LogP contribution in [0.3, 0.4) is 0 Å². The van der Waals surface area contributed by atoms with Crippen LogP contribution in [-0.2, 0) is 4.79 Å². The van der Waals surface area contributed by atoms with Gasteiger partial charge in [-0.05, 0) is 52.2 Å². The first-order valence-electron chi connectivity index (χ1n) is 6.73. The molecule has 0 unspecified atom stereocenters. The summed E-state index contributed by atoms with van der Waals surface area (Å²) in [4.78, 5) is 15.7. The quantitative estimate of drug-likeness (QED) is 0.855. The number of hydrogen-bond donors (Lipinski definition) is 1. The third-order valence-electron chi connectivity index (χ3n) is 3.13. The summed E-state index contributed by atoms with van der Waals surface area (Å²) in [5.74, 6) is 0.631. The highest BCUT2D eigenvalue weighted by molar-refractivity contribution is 5.97. The smallest absolute Gasteiger partial charge is 0.246 e. The molecular formula is C15H24N2O3. The Balaban J connectivity index is 2.87. The third-order valence-corrected chi connectivity index (χ3v) is 3.13. The number of carbonyl (C=O) groups is 1. The second kappa shape index (κ2) is 7.26. The van der Waals surface area contributed by atoms with E-state index in [0.29, 0.717) is 6.61 Å². The maximum absolute atomic E-state index is 12.4. The van der Waals surface area contributed by atoms with Crippen LogP contribution in [0, 0.1) is 0 Å². The van der Waals surface area contributed by atoms with E-state index in [1.54, 1.807) is 37.9 Å². The molecule has 112 valence electrons. The van der Waals surface area contributed by atoms with Crippen molar-refractivity contribution >= 4 is 11.6 Å². The van der Waals surface area contributed by atoms with Crippen molar-refractivity contribution < 1.29 is 14.6 Å². The Labute approximate surface area is 120 Å². The van der Waals surface area contributed by atoms with E-state index in [0.717, 1.165) is 11.4 Å². The average Bonchev–Trinajstić information content (AvgIpc) is 2.38. The molecular weight excluding hydrogens is 256 g/mol. The molecule has 1 aromatic rings. The summed E-state index contributed by atoms with van der Waals surface area (Å²) in [6.45, 7) is 4.15. The minimum absolute atomic E-state index is 0.144. The summed E-state index contributed by atoms with van der Waals surface area (Å²) < 4.78 is 5.37. The minimum atomic E-state index is -0.734. The molecule has 0 saturated heterocycles. The van der Waals surface area contributed by atoms with Crippen molar-refractivity contribution in [3.8, 4) is 5.75 Å². The minimum Gasteiger partial charge on any atom is -0.494 e. The summed E-state index contributed by atoms with van der Waals surface area (Å²) in [5, 5.41) is 9.75. The van der Waals surface area contributed by atoms with E-state index in [9.17, 15) is 9.90 Å². The van der Waals surface area contributed by atoms with Crippen molar-refractivity contribution in [2.45, 2.75) is 26.0 Å². The zero-order chi connectivity index (χ0) is 15.3. The highest BCUT2D eigenvalue weighted by Gasteiger charge is 2.29. The average molecular weight is 280 g/mol. The van der Waals surface area contributed by atoms with Crippen LogP contribution in [0.15, 0.2) is 24.3 Å². The summed E-state index contributed by atoms with van der Waals surface area (Å²) >= 11 is 0. The van der Waals surface area contributed by atoms with E-state index in [1.807, 2.05) is 31.2 Å². The van der Waals surface area contributed by atoms with Crippen LogP contribution in [0.5, 0.6) is 5.75 Å². The Morgan fingerprint density at radius 2 is 1.80 bits per heavy atom. The Bertz CT molecular complexity index is 421. The first-order chi connectivity index (χ1) is 9.38. The van der Waals surface area contributed by atoms with Crippen LogP contribution in [-0.4, -0.2) is 55.8 Å². The Hall–Kier alpha value is -1.59. The number of nitrogens with zero attached hydrogens (tertiary/aromatic N) is 2. The van der Waals surface area contributed by atoms with Gasteiger partial charge >= 0.3 is 0 Å². The van der Waals surface area contributed by atoms with Gasteiger partial charge in [-0.25, -0.2) is 0 Å². The standard InChI is InChI=1S/C15H24N2O3/c1-6-20-13-9-7-12(8-10-13)17(5)15(19)14(11(2)18)16(3)4/h7-11,14,18H,6H2,1-5H3/t11-,14+/m0/s1. The SMILES string of the molecule is CCOc1ccc(N(C)C(=O)[C@@H]([C@H](C)O)N(C)C)cc1. The molecule has 0 saturated carbocycles. The van der Waals surface area contributed by atoms with Crippen molar-refractivity contribution in [1.82, 2.24) is 4.90 Å². The Morgan fingerprint density at radius 1 is 1.25 bits per heavy atom. The van der Waals surface area contributed by atoms with Crippen molar-refractivity contribution in [2.24, 2.45) is 0 Å². The number of anilines is 1. The number of benzene rings is 1. The zero-order valence-electron chi connectivity index (χ0n) is 12.8. The maximum Gasteiger partial charge on any atom is 0.246 e. The molecule has 1 aromatic carbocycles. The van der Waals surface area contributed by atoms with Crippen LogP contribution in [0.4, 0.5) is 5.69 Å². The summed E-state index contributed by atoms with van der Waals surface area (Å²) in [6, 6.07) is 6.76. The van der Waals surface area contributed by atoms with E-state index in [-0.39, 0.29) is 5.91 Å². The molecule has 0 heterocycles. The summed E-state index contributed by atoms with van der Waals surface area (Å²) in [7, 11) is 5.26. The number of aliphatic hydroxyl groups excluding tert-OH is 1. The highest BCUT2D eigenvalue weighted by Crippen LogP contribution is 2.20. The normalized spacial score (nSPS) is 13.9. The molecule has 1 N–H and O–H groups in total. The lowest BCUT2D eigenvalue weighted by Crippen LogP contribution is -2.50. The summed E-state index contributed by atoms with van der Waals surface area (Å²) in [6.07, 6.45) is -0.734. The van der Waals surface area contributed by atoms with Crippen LogP contribution >= 0.6 is 0 Å². The van der Waals surface area contributed by atoms with Gasteiger partial charge in [-0.15, -0.1) is 0 Å². The van der Waals surface area contributed by atoms with E-state index in [4.69, 9.17) is 4.74 Å². The van der Waals surface area contributed by atoms with Gasteiger partial charge in [0.15, 0.2) is 0 Å². The molecule has 5 nitrogen and oxygen atoms in total. The van der Waals surface area contributed by atoms with Gasteiger partial charge in [0.2, 0.25) is 5.91 Å². The molecule has 5 heteroatoms. The largest absolute Gasteiger partial charge is 0.494 e. The van der Waals surface area contributed by atoms with E-state index in [1.165, 1.54) is 0 Å². The van der Waals surface area contributed by atoms with Gasteiger partial charge in [-0.1, -0.05) is 0 Å². The molecule has 0 aliphatic heterocycles. The summed E-state index contributed by atoms with van der Waals surface area (Å²) in [5.41, 5.74) is 0.769. The second-order valence-corrected chi connectivity index (χ2v) is 4.97. The fraction of sp³-hybridized carbons (Fsp3) is 0.533. The second-order valence-electron chi connectivity index (χ2n) is 4.97. The van der Waals surface area contributed by atoms with Crippen LogP contribution < -0.4 is 9.64 Å². The Kier molecular flexibility index (Phi) is 5.98. The molecule has 0 spiro atoms. The van der Waals surface area contributed by atoms with Gasteiger partial charge in [0.1, 0.15) is 11.8 Å². The number of likely N-dealkylation sites (N-methyl/N-ethyl adjacent to an activating group) is 2. The number of hydrogen-bond acceptors (Lipinski definition) is 4. The monoisotopic (exact) mass is 280 g/mol. The van der Waals surface area contributed by atoms with Crippen LogP contribution in [0.1, 0.15) is 13.8 Å². The predicted octanol–water partition coefficient (Wildman–Crippen LogP) is 1.36. The van der Waals surface area contributed by atoms with Gasteiger partial charge in [0.25, 0.3) is 0 Å². The van der Waals surface area contributed by atoms with E-state index >= 15 is 0 Å². The molecule has 1 rings (SSSR count).